The molecule has 1 aliphatic carbocycles. The van der Waals surface area contributed by atoms with Gasteiger partial charge in [0.15, 0.2) is 5.65 Å². The van der Waals surface area contributed by atoms with Crippen molar-refractivity contribution in [1.29, 1.82) is 5.26 Å². The number of hydrogen-bond donors (Lipinski definition) is 0. The van der Waals surface area contributed by atoms with Crippen LogP contribution in [0.2, 0.25) is 0 Å². The van der Waals surface area contributed by atoms with Crippen LogP contribution in [-0.4, -0.2) is 35.6 Å². The maximum Gasteiger partial charge on any atom is 0.157 e. The third kappa shape index (κ3) is 2.94. The van der Waals surface area contributed by atoms with Crippen LogP contribution in [0.1, 0.15) is 30.5 Å². The molecule has 31 heavy (non-hydrogen) atoms. The van der Waals surface area contributed by atoms with E-state index < -0.39 is 0 Å². The molecule has 0 spiro atoms. The van der Waals surface area contributed by atoms with E-state index in [1.54, 1.807) is 0 Å². The first-order valence-electron chi connectivity index (χ1n) is 10.7. The maximum atomic E-state index is 9.96. The molecule has 0 atom stereocenters. The highest BCUT2D eigenvalue weighted by Crippen LogP contribution is 2.38. The number of rotatable bonds is 2. The van der Waals surface area contributed by atoms with Crippen molar-refractivity contribution < 1.29 is 0 Å². The molecular weight excluding hydrogens is 382 g/mol. The Hall–Kier alpha value is -3.52. The van der Waals surface area contributed by atoms with Crippen LogP contribution in [0.5, 0.6) is 0 Å². The van der Waals surface area contributed by atoms with Crippen molar-refractivity contribution in [2.45, 2.75) is 26.7 Å². The fourth-order valence-corrected chi connectivity index (χ4v) is 5.21. The van der Waals surface area contributed by atoms with E-state index >= 15 is 0 Å². The van der Waals surface area contributed by atoms with E-state index in [1.165, 1.54) is 22.6 Å². The van der Waals surface area contributed by atoms with Gasteiger partial charge in [-0.15, -0.1) is 0 Å². The number of nitrogens with zero attached hydrogens (tertiary/aromatic N) is 5. The minimum absolute atomic E-state index is 0. The molecule has 156 valence electrons. The Kier molecular flexibility index (Phi) is 4.78. The molecule has 0 bridgehead atoms. The number of anilines is 2. The number of benzene rings is 2. The number of aromatic nitrogens is 2. The summed E-state index contributed by atoms with van der Waals surface area (Å²) in [6, 6.07) is 21.4. The Bertz CT molecular complexity index is 1290. The molecule has 5 nitrogen and oxygen atoms in total. The Labute approximate surface area is 183 Å². The third-order valence-electron chi connectivity index (χ3n) is 6.60. The SMILES string of the molecule is C.N#Cc1c2c(c(N3CCN(c4ccccc4)CC3)n3c1nc1ccccc13)CCC2. The average Bonchev–Trinajstić information content (AvgIpc) is 3.43. The summed E-state index contributed by atoms with van der Waals surface area (Å²) < 4.78 is 2.26. The minimum Gasteiger partial charge on any atom is -0.368 e. The normalized spacial score (nSPS) is 15.7. The van der Waals surface area contributed by atoms with E-state index in [2.05, 4.69) is 62.7 Å². The largest absolute Gasteiger partial charge is 0.368 e. The smallest absolute Gasteiger partial charge is 0.157 e. The van der Waals surface area contributed by atoms with Crippen LogP contribution >= 0.6 is 0 Å². The molecule has 3 heterocycles. The number of imidazole rings is 1. The van der Waals surface area contributed by atoms with Crippen LogP contribution < -0.4 is 9.80 Å². The van der Waals surface area contributed by atoms with Crippen molar-refractivity contribution in [2.75, 3.05) is 36.0 Å². The molecule has 5 heteroatoms. The van der Waals surface area contributed by atoms with Gasteiger partial charge in [-0.05, 0) is 54.7 Å². The van der Waals surface area contributed by atoms with Gasteiger partial charge in [0, 0.05) is 31.9 Å². The predicted octanol–water partition coefficient (Wildman–Crippen LogP) is 4.81. The van der Waals surface area contributed by atoms with Gasteiger partial charge in [-0.3, -0.25) is 4.40 Å². The number of nitriles is 1. The summed E-state index contributed by atoms with van der Waals surface area (Å²) >= 11 is 0. The summed E-state index contributed by atoms with van der Waals surface area (Å²) in [7, 11) is 0. The lowest BCUT2D eigenvalue weighted by Crippen LogP contribution is -2.47. The summed E-state index contributed by atoms with van der Waals surface area (Å²) in [4.78, 5) is 9.87. The Morgan fingerprint density at radius 1 is 0.806 bits per heavy atom. The van der Waals surface area contributed by atoms with Crippen LogP contribution in [0.4, 0.5) is 11.5 Å². The van der Waals surface area contributed by atoms with E-state index in [1.807, 2.05) is 12.1 Å². The maximum absolute atomic E-state index is 9.96. The van der Waals surface area contributed by atoms with Gasteiger partial charge in [-0.1, -0.05) is 37.8 Å². The van der Waals surface area contributed by atoms with Crippen molar-refractivity contribution in [3.63, 3.8) is 0 Å². The molecule has 1 aliphatic heterocycles. The van der Waals surface area contributed by atoms with Crippen LogP contribution in [0.25, 0.3) is 16.7 Å². The van der Waals surface area contributed by atoms with Crippen LogP contribution in [0, 0.1) is 11.3 Å². The van der Waals surface area contributed by atoms with Gasteiger partial charge in [0.25, 0.3) is 0 Å². The van der Waals surface area contributed by atoms with Gasteiger partial charge in [-0.2, -0.15) is 5.26 Å². The molecule has 1 fully saturated rings. The highest BCUT2D eigenvalue weighted by Gasteiger charge is 2.29. The van der Waals surface area contributed by atoms with E-state index in [9.17, 15) is 5.26 Å². The molecule has 0 amide bonds. The summed E-state index contributed by atoms with van der Waals surface area (Å²) in [5, 5.41) is 9.96. The fraction of sp³-hybridized carbons (Fsp3) is 0.308. The van der Waals surface area contributed by atoms with Crippen molar-refractivity contribution >= 4 is 28.2 Å². The molecule has 4 aromatic rings. The van der Waals surface area contributed by atoms with E-state index in [-0.39, 0.29) is 7.43 Å². The lowest BCUT2D eigenvalue weighted by molar-refractivity contribution is 0.643. The lowest BCUT2D eigenvalue weighted by Gasteiger charge is -2.38. The van der Waals surface area contributed by atoms with Crippen molar-refractivity contribution in [2.24, 2.45) is 0 Å². The molecular formula is C26H27N5. The van der Waals surface area contributed by atoms with Crippen LogP contribution in [0.15, 0.2) is 54.6 Å². The van der Waals surface area contributed by atoms with Gasteiger partial charge in [-0.25, -0.2) is 4.98 Å². The van der Waals surface area contributed by atoms with Crippen molar-refractivity contribution in [3.05, 3.63) is 71.3 Å². The molecule has 1 saturated heterocycles. The van der Waals surface area contributed by atoms with Gasteiger partial charge in [0.1, 0.15) is 11.9 Å². The topological polar surface area (TPSA) is 47.6 Å². The highest BCUT2D eigenvalue weighted by atomic mass is 15.3. The van der Waals surface area contributed by atoms with Gasteiger partial charge < -0.3 is 9.80 Å². The van der Waals surface area contributed by atoms with Crippen molar-refractivity contribution in [3.8, 4) is 6.07 Å². The summed E-state index contributed by atoms with van der Waals surface area (Å²) in [5.41, 5.74) is 7.52. The molecule has 0 unspecified atom stereocenters. The Morgan fingerprint density at radius 3 is 2.26 bits per heavy atom. The lowest BCUT2D eigenvalue weighted by atomic mass is 10.0. The van der Waals surface area contributed by atoms with Crippen LogP contribution in [0.3, 0.4) is 0 Å². The second kappa shape index (κ2) is 7.63. The first-order chi connectivity index (χ1) is 14.8. The molecule has 2 aromatic heterocycles. The van der Waals surface area contributed by atoms with Crippen molar-refractivity contribution in [1.82, 2.24) is 9.38 Å². The summed E-state index contributed by atoms with van der Waals surface area (Å²) in [6.07, 6.45) is 3.14. The molecule has 2 aliphatic rings. The summed E-state index contributed by atoms with van der Waals surface area (Å²) in [6.45, 7) is 3.92. The predicted molar refractivity (Wildman–Crippen MR) is 127 cm³/mol. The highest BCUT2D eigenvalue weighted by molar-refractivity contribution is 5.86. The number of piperazine rings is 1. The van der Waals surface area contributed by atoms with Gasteiger partial charge >= 0.3 is 0 Å². The number of hydrogen-bond acceptors (Lipinski definition) is 4. The van der Waals surface area contributed by atoms with Gasteiger partial charge in [0.2, 0.25) is 0 Å². The molecule has 2 aromatic carbocycles. The quantitative estimate of drug-likeness (QED) is 0.477. The van der Waals surface area contributed by atoms with Gasteiger partial charge in [0.05, 0.1) is 16.6 Å². The minimum atomic E-state index is 0. The second-order valence-electron chi connectivity index (χ2n) is 8.19. The second-order valence-corrected chi connectivity index (χ2v) is 8.19. The Morgan fingerprint density at radius 2 is 1.48 bits per heavy atom. The molecule has 0 N–H and O–H groups in total. The Balaban J connectivity index is 0.00000204. The number of para-hydroxylation sites is 3. The fourth-order valence-electron chi connectivity index (χ4n) is 5.21. The summed E-state index contributed by atoms with van der Waals surface area (Å²) in [5.74, 6) is 1.26. The average molecular weight is 410 g/mol. The standard InChI is InChI=1S/C25H23N5.CH4/c26-17-21-19-9-6-10-20(19)25(30-23-12-5-4-11-22(23)27-24(21)30)29-15-13-28(14-16-29)18-7-2-1-3-8-18;/h1-5,7-8,11-12H,6,9-10,13-16H2;1H4. The van der Waals surface area contributed by atoms with E-state index in [4.69, 9.17) is 4.98 Å². The zero-order valence-electron chi connectivity index (χ0n) is 16.9. The zero-order chi connectivity index (χ0) is 20.1. The number of fused-ring (bicyclic) bond motifs is 4. The number of pyridine rings is 1. The van der Waals surface area contributed by atoms with E-state index in [0.717, 1.165) is 67.7 Å². The molecule has 0 saturated carbocycles. The third-order valence-corrected chi connectivity index (χ3v) is 6.60. The zero-order valence-corrected chi connectivity index (χ0v) is 16.9. The van der Waals surface area contributed by atoms with Crippen LogP contribution in [-0.2, 0) is 12.8 Å². The first-order valence-corrected chi connectivity index (χ1v) is 10.7. The first kappa shape index (κ1) is 19.4. The van der Waals surface area contributed by atoms with E-state index in [0.29, 0.717) is 0 Å². The monoisotopic (exact) mass is 409 g/mol. The molecule has 0 radical (unpaired) electrons. The molecule has 6 rings (SSSR count).